The predicted octanol–water partition coefficient (Wildman–Crippen LogP) is 1.03. The Kier molecular flexibility index (Phi) is 4.51. The summed E-state index contributed by atoms with van der Waals surface area (Å²) >= 11 is 0. The van der Waals surface area contributed by atoms with Gasteiger partial charge in [-0.2, -0.15) is 0 Å². The molecule has 0 aromatic heterocycles. The first-order chi connectivity index (χ1) is 8.86. The third-order valence-corrected chi connectivity index (χ3v) is 2.30. The fourth-order valence-electron chi connectivity index (χ4n) is 1.36. The van der Waals surface area contributed by atoms with Crippen molar-refractivity contribution in [1.82, 2.24) is 5.32 Å². The van der Waals surface area contributed by atoms with Gasteiger partial charge in [0, 0.05) is 0 Å². The van der Waals surface area contributed by atoms with Crippen LogP contribution in [0.3, 0.4) is 0 Å². The van der Waals surface area contributed by atoms with E-state index < -0.39 is 34.3 Å². The molecular weight excluding hydrogens is 259 g/mol. The number of nitro benzene ring substituents is 1. The number of hydrogen-bond donors (Lipinski definition) is 1. The molecule has 1 rings (SSSR count). The molecule has 0 radical (unpaired) electrons. The van der Waals surface area contributed by atoms with Gasteiger partial charge in [-0.05, 0) is 19.1 Å². The number of rotatable bonds is 4. The molecular formula is C11H11FN2O5. The molecule has 7 nitrogen and oxygen atoms in total. The number of carbonyl (C=O) groups excluding carboxylic acids is 2. The number of amides is 1. The van der Waals surface area contributed by atoms with Crippen molar-refractivity contribution >= 4 is 17.6 Å². The van der Waals surface area contributed by atoms with E-state index in [0.717, 1.165) is 19.2 Å². The minimum absolute atomic E-state index is 0.331. The molecule has 0 unspecified atom stereocenters. The van der Waals surface area contributed by atoms with Gasteiger partial charge in [0.05, 0.1) is 18.1 Å². The number of nitrogens with zero attached hydrogens (tertiary/aromatic N) is 1. The standard InChI is InChI=1S/C11H11FN2O5/c1-6(11(16)19-2)13-10(15)8-4-3-7(12)5-9(8)14(17)18/h3-6H,1-2H3,(H,13,15)/t6-/m1/s1. The van der Waals surface area contributed by atoms with Crippen molar-refractivity contribution in [3.8, 4) is 0 Å². The van der Waals surface area contributed by atoms with E-state index in [1.165, 1.54) is 6.92 Å². The fraction of sp³-hybridized carbons (Fsp3) is 0.273. The zero-order chi connectivity index (χ0) is 14.6. The van der Waals surface area contributed by atoms with Gasteiger partial charge in [-0.3, -0.25) is 14.9 Å². The van der Waals surface area contributed by atoms with Crippen LogP contribution in [0.2, 0.25) is 0 Å². The van der Waals surface area contributed by atoms with Crippen LogP contribution in [0.4, 0.5) is 10.1 Å². The van der Waals surface area contributed by atoms with Gasteiger partial charge in [0.2, 0.25) is 0 Å². The maximum Gasteiger partial charge on any atom is 0.328 e. The molecule has 0 aliphatic rings. The van der Waals surface area contributed by atoms with E-state index in [1.807, 2.05) is 0 Å². The Balaban J connectivity index is 3.00. The largest absolute Gasteiger partial charge is 0.467 e. The fourth-order valence-corrected chi connectivity index (χ4v) is 1.36. The van der Waals surface area contributed by atoms with Crippen molar-refractivity contribution in [3.63, 3.8) is 0 Å². The predicted molar refractivity (Wildman–Crippen MR) is 62.0 cm³/mol. The Labute approximate surface area is 107 Å². The van der Waals surface area contributed by atoms with Crippen molar-refractivity contribution in [2.75, 3.05) is 7.11 Å². The van der Waals surface area contributed by atoms with E-state index in [1.54, 1.807) is 0 Å². The lowest BCUT2D eigenvalue weighted by Gasteiger charge is -2.11. The average Bonchev–Trinajstić information content (AvgIpc) is 2.37. The van der Waals surface area contributed by atoms with Gasteiger partial charge in [0.25, 0.3) is 11.6 Å². The number of benzene rings is 1. The van der Waals surface area contributed by atoms with Crippen LogP contribution < -0.4 is 5.32 Å². The van der Waals surface area contributed by atoms with Gasteiger partial charge in [-0.25, -0.2) is 9.18 Å². The Hall–Kier alpha value is -2.51. The second-order valence-electron chi connectivity index (χ2n) is 3.64. The third kappa shape index (κ3) is 3.47. The van der Waals surface area contributed by atoms with Crippen LogP contribution in [0.1, 0.15) is 17.3 Å². The second kappa shape index (κ2) is 5.89. The summed E-state index contributed by atoms with van der Waals surface area (Å²) in [5.74, 6) is -2.38. The van der Waals surface area contributed by atoms with E-state index in [4.69, 9.17) is 0 Å². The highest BCUT2D eigenvalue weighted by molar-refractivity contribution is 6.00. The lowest BCUT2D eigenvalue weighted by Crippen LogP contribution is -2.39. The zero-order valence-corrected chi connectivity index (χ0v) is 10.2. The molecule has 1 amide bonds. The first-order valence-electron chi connectivity index (χ1n) is 5.19. The van der Waals surface area contributed by atoms with Crippen LogP contribution in [0.5, 0.6) is 0 Å². The highest BCUT2D eigenvalue weighted by atomic mass is 19.1. The second-order valence-corrected chi connectivity index (χ2v) is 3.64. The molecule has 0 spiro atoms. The summed E-state index contributed by atoms with van der Waals surface area (Å²) in [6.45, 7) is 1.36. The van der Waals surface area contributed by atoms with Crippen molar-refractivity contribution in [2.45, 2.75) is 13.0 Å². The molecule has 0 aliphatic carbocycles. The van der Waals surface area contributed by atoms with Gasteiger partial charge in [-0.15, -0.1) is 0 Å². The Morgan fingerprint density at radius 2 is 2.11 bits per heavy atom. The Morgan fingerprint density at radius 1 is 1.47 bits per heavy atom. The highest BCUT2D eigenvalue weighted by Crippen LogP contribution is 2.19. The lowest BCUT2D eigenvalue weighted by molar-refractivity contribution is -0.385. The van der Waals surface area contributed by atoms with Gasteiger partial charge in [0.1, 0.15) is 17.4 Å². The molecule has 1 N–H and O–H groups in total. The van der Waals surface area contributed by atoms with Crippen molar-refractivity contribution < 1.29 is 23.6 Å². The minimum atomic E-state index is -0.970. The maximum absolute atomic E-state index is 12.9. The van der Waals surface area contributed by atoms with Crippen LogP contribution in [0.25, 0.3) is 0 Å². The highest BCUT2D eigenvalue weighted by Gasteiger charge is 2.24. The van der Waals surface area contributed by atoms with E-state index >= 15 is 0 Å². The molecule has 0 heterocycles. The van der Waals surface area contributed by atoms with Crippen molar-refractivity contribution in [1.29, 1.82) is 0 Å². The molecule has 8 heteroatoms. The molecule has 0 saturated carbocycles. The summed E-state index contributed by atoms with van der Waals surface area (Å²) in [7, 11) is 1.14. The van der Waals surface area contributed by atoms with Crippen molar-refractivity contribution in [2.24, 2.45) is 0 Å². The summed E-state index contributed by atoms with van der Waals surface area (Å²) in [4.78, 5) is 32.7. The molecule has 0 saturated heterocycles. The van der Waals surface area contributed by atoms with Crippen LogP contribution in [-0.2, 0) is 9.53 Å². The van der Waals surface area contributed by atoms with Gasteiger partial charge in [-0.1, -0.05) is 0 Å². The summed E-state index contributed by atoms with van der Waals surface area (Å²) in [5.41, 5.74) is -1.00. The molecule has 19 heavy (non-hydrogen) atoms. The molecule has 0 aliphatic heterocycles. The number of methoxy groups -OCH3 is 1. The topological polar surface area (TPSA) is 98.5 Å². The number of carbonyl (C=O) groups is 2. The molecule has 1 aromatic rings. The summed E-state index contributed by atoms with van der Waals surface area (Å²) < 4.78 is 17.3. The summed E-state index contributed by atoms with van der Waals surface area (Å²) in [6.07, 6.45) is 0. The average molecular weight is 270 g/mol. The van der Waals surface area contributed by atoms with Crippen LogP contribution in [0, 0.1) is 15.9 Å². The van der Waals surface area contributed by atoms with Gasteiger partial charge >= 0.3 is 5.97 Å². The van der Waals surface area contributed by atoms with Gasteiger partial charge < -0.3 is 10.1 Å². The zero-order valence-electron chi connectivity index (χ0n) is 10.2. The van der Waals surface area contributed by atoms with E-state index in [9.17, 15) is 24.1 Å². The smallest absolute Gasteiger partial charge is 0.328 e. The molecule has 1 atom stereocenters. The quantitative estimate of drug-likeness (QED) is 0.500. The Bertz CT molecular complexity index is 532. The molecule has 102 valence electrons. The Morgan fingerprint density at radius 3 is 2.63 bits per heavy atom. The monoisotopic (exact) mass is 270 g/mol. The van der Waals surface area contributed by atoms with E-state index in [2.05, 4.69) is 10.1 Å². The third-order valence-electron chi connectivity index (χ3n) is 2.30. The normalized spacial score (nSPS) is 11.5. The van der Waals surface area contributed by atoms with E-state index in [-0.39, 0.29) is 5.56 Å². The van der Waals surface area contributed by atoms with Gasteiger partial charge in [0.15, 0.2) is 0 Å². The van der Waals surface area contributed by atoms with Crippen molar-refractivity contribution in [3.05, 3.63) is 39.7 Å². The number of nitrogens with one attached hydrogen (secondary N) is 1. The molecule has 1 aromatic carbocycles. The number of hydrogen-bond acceptors (Lipinski definition) is 5. The first-order valence-corrected chi connectivity index (χ1v) is 5.19. The summed E-state index contributed by atoms with van der Waals surface area (Å²) in [6, 6.07) is 1.57. The molecule has 0 fully saturated rings. The SMILES string of the molecule is COC(=O)[C@@H](C)NC(=O)c1ccc(F)cc1[N+](=O)[O-]. The maximum atomic E-state index is 12.9. The number of halogens is 1. The van der Waals surface area contributed by atoms with E-state index in [0.29, 0.717) is 6.07 Å². The minimum Gasteiger partial charge on any atom is -0.467 e. The van der Waals surface area contributed by atoms with Crippen LogP contribution in [-0.4, -0.2) is 30.0 Å². The number of esters is 1. The number of nitro groups is 1. The first kappa shape index (κ1) is 14.6. The lowest BCUT2D eigenvalue weighted by atomic mass is 10.1. The molecule has 0 bridgehead atoms. The number of ether oxygens (including phenoxy) is 1. The summed E-state index contributed by atoms with van der Waals surface area (Å²) in [5, 5.41) is 12.9. The van der Waals surface area contributed by atoms with Crippen LogP contribution in [0.15, 0.2) is 18.2 Å². The van der Waals surface area contributed by atoms with Crippen LogP contribution >= 0.6 is 0 Å².